The summed E-state index contributed by atoms with van der Waals surface area (Å²) in [6.07, 6.45) is 6.29. The van der Waals surface area contributed by atoms with Crippen molar-refractivity contribution >= 4 is 41.7 Å². The molecule has 0 aliphatic carbocycles. The third-order valence-electron chi connectivity index (χ3n) is 3.41. The van der Waals surface area contributed by atoms with Gasteiger partial charge in [-0.3, -0.25) is 0 Å². The van der Waals surface area contributed by atoms with E-state index in [2.05, 4.69) is 47.8 Å². The zero-order chi connectivity index (χ0) is 16.2. The Bertz CT molecular complexity index is 430. The van der Waals surface area contributed by atoms with Crippen LogP contribution in [-0.2, 0) is 19.4 Å². The number of nitrogens with zero attached hydrogens (tertiary/aromatic N) is 2. The molecule has 0 saturated carbocycles. The van der Waals surface area contributed by atoms with Crippen molar-refractivity contribution in [1.29, 1.82) is 0 Å². The Morgan fingerprint density at radius 2 is 1.96 bits per heavy atom. The van der Waals surface area contributed by atoms with Crippen LogP contribution in [0.25, 0.3) is 0 Å². The summed E-state index contributed by atoms with van der Waals surface area (Å²) in [4.78, 5) is 4.68. The monoisotopic (exact) mass is 454 g/mol. The minimum atomic E-state index is 0. The summed E-state index contributed by atoms with van der Waals surface area (Å²) in [5, 5.41) is 10.8. The highest BCUT2D eigenvalue weighted by Gasteiger charge is 2.12. The van der Waals surface area contributed by atoms with E-state index in [9.17, 15) is 0 Å². The second-order valence-electron chi connectivity index (χ2n) is 5.06. The van der Waals surface area contributed by atoms with E-state index in [0.29, 0.717) is 6.54 Å². The van der Waals surface area contributed by atoms with Crippen LogP contribution >= 0.6 is 35.7 Å². The van der Waals surface area contributed by atoms with Gasteiger partial charge in [0.15, 0.2) is 5.96 Å². The first-order valence-corrected chi connectivity index (χ1v) is 9.63. The Hall–Kier alpha value is -0.440. The van der Waals surface area contributed by atoms with E-state index >= 15 is 0 Å². The molecule has 1 aromatic rings. The molecule has 134 valence electrons. The van der Waals surface area contributed by atoms with Crippen molar-refractivity contribution in [1.82, 2.24) is 15.8 Å². The van der Waals surface area contributed by atoms with Crippen molar-refractivity contribution in [2.24, 2.45) is 4.99 Å². The number of hydrogen-bond acceptors (Lipinski definition) is 4. The average molecular weight is 454 g/mol. The molecule has 1 aromatic heterocycles. The van der Waals surface area contributed by atoms with Gasteiger partial charge >= 0.3 is 0 Å². The van der Waals surface area contributed by atoms with Crippen LogP contribution in [0, 0.1) is 0 Å². The summed E-state index contributed by atoms with van der Waals surface area (Å²) in [5.74, 6) is 3.05. The number of rotatable bonds is 10. The van der Waals surface area contributed by atoms with Gasteiger partial charge in [-0.25, -0.2) is 4.99 Å². The van der Waals surface area contributed by atoms with Gasteiger partial charge in [0.1, 0.15) is 5.76 Å². The van der Waals surface area contributed by atoms with Crippen LogP contribution in [0.3, 0.4) is 0 Å². The molecule has 0 aliphatic rings. The first-order valence-electron chi connectivity index (χ1n) is 8.24. The lowest BCUT2D eigenvalue weighted by molar-refractivity contribution is 0.380. The van der Waals surface area contributed by atoms with E-state index in [1.807, 2.05) is 11.8 Å². The molecule has 0 aromatic carbocycles. The fourth-order valence-corrected chi connectivity index (χ4v) is 2.69. The zero-order valence-corrected chi connectivity index (χ0v) is 17.9. The largest absolute Gasteiger partial charge is 0.361 e. The lowest BCUT2D eigenvalue weighted by atomic mass is 10.1. The molecule has 0 bridgehead atoms. The molecular weight excluding hydrogens is 423 g/mol. The quantitative estimate of drug-likeness (QED) is 0.245. The van der Waals surface area contributed by atoms with Crippen molar-refractivity contribution in [3.05, 3.63) is 17.0 Å². The number of nitrogens with one attached hydrogen (secondary N) is 2. The molecule has 0 fully saturated rings. The fourth-order valence-electron chi connectivity index (χ4n) is 2.19. The summed E-state index contributed by atoms with van der Waals surface area (Å²) >= 11 is 1.90. The number of thioether (sulfide) groups is 1. The number of hydrogen-bond donors (Lipinski definition) is 2. The van der Waals surface area contributed by atoms with Gasteiger partial charge in [-0.1, -0.05) is 19.0 Å². The molecule has 7 heteroatoms. The number of unbranched alkanes of at least 4 members (excludes halogenated alkanes) is 1. The highest BCUT2D eigenvalue weighted by atomic mass is 127. The first kappa shape index (κ1) is 22.6. The van der Waals surface area contributed by atoms with Gasteiger partial charge in [0.05, 0.1) is 12.2 Å². The third kappa shape index (κ3) is 8.28. The summed E-state index contributed by atoms with van der Waals surface area (Å²) in [6, 6.07) is 0. The number of aromatic nitrogens is 1. The zero-order valence-electron chi connectivity index (χ0n) is 14.8. The molecular formula is C16H31IN4OS. The Labute approximate surface area is 161 Å². The van der Waals surface area contributed by atoms with Crippen LogP contribution in [0.5, 0.6) is 0 Å². The van der Waals surface area contributed by atoms with Crippen molar-refractivity contribution in [3.63, 3.8) is 0 Å². The van der Waals surface area contributed by atoms with Crippen LogP contribution in [0.2, 0.25) is 0 Å². The third-order valence-corrected chi connectivity index (χ3v) is 4.11. The van der Waals surface area contributed by atoms with Crippen molar-refractivity contribution in [2.45, 2.75) is 53.0 Å². The molecule has 1 heterocycles. The van der Waals surface area contributed by atoms with Crippen molar-refractivity contribution < 1.29 is 4.52 Å². The predicted molar refractivity (Wildman–Crippen MR) is 111 cm³/mol. The molecule has 0 unspecified atom stereocenters. The van der Waals surface area contributed by atoms with Gasteiger partial charge in [0.2, 0.25) is 0 Å². The van der Waals surface area contributed by atoms with E-state index in [4.69, 9.17) is 4.52 Å². The fraction of sp³-hybridized carbons (Fsp3) is 0.750. The number of aliphatic imine (C=N–C) groups is 1. The molecule has 0 atom stereocenters. The summed E-state index contributed by atoms with van der Waals surface area (Å²) < 4.78 is 5.39. The predicted octanol–water partition coefficient (Wildman–Crippen LogP) is 3.62. The summed E-state index contributed by atoms with van der Waals surface area (Å²) in [5.41, 5.74) is 2.17. The molecule has 0 amide bonds. The second-order valence-corrected chi connectivity index (χ2v) is 6.05. The van der Waals surface area contributed by atoms with Crippen LogP contribution in [-0.4, -0.2) is 36.2 Å². The van der Waals surface area contributed by atoms with Crippen LogP contribution in [0.15, 0.2) is 9.52 Å². The SMILES string of the molecule is CCNC(=NCc1c(CC)noc1CC)NCCCCSC.I. The Morgan fingerprint density at radius 1 is 1.17 bits per heavy atom. The van der Waals surface area contributed by atoms with E-state index < -0.39 is 0 Å². The maximum atomic E-state index is 5.39. The van der Waals surface area contributed by atoms with Crippen LogP contribution < -0.4 is 10.6 Å². The average Bonchev–Trinajstić information content (AvgIpc) is 2.94. The van der Waals surface area contributed by atoms with E-state index in [1.54, 1.807) is 0 Å². The highest BCUT2D eigenvalue weighted by Crippen LogP contribution is 2.16. The van der Waals surface area contributed by atoms with E-state index in [1.165, 1.54) is 18.6 Å². The molecule has 5 nitrogen and oxygen atoms in total. The number of halogens is 1. The Balaban J connectivity index is 0.00000484. The smallest absolute Gasteiger partial charge is 0.191 e. The molecule has 23 heavy (non-hydrogen) atoms. The highest BCUT2D eigenvalue weighted by molar-refractivity contribution is 14.0. The minimum absolute atomic E-state index is 0. The van der Waals surface area contributed by atoms with E-state index in [0.717, 1.165) is 48.9 Å². The first-order chi connectivity index (χ1) is 10.8. The lowest BCUT2D eigenvalue weighted by Crippen LogP contribution is -2.37. The molecule has 0 radical (unpaired) electrons. The molecule has 1 rings (SSSR count). The van der Waals surface area contributed by atoms with Gasteiger partial charge in [-0.2, -0.15) is 11.8 Å². The maximum absolute atomic E-state index is 5.39. The number of guanidine groups is 1. The Kier molecular flexibility index (Phi) is 13.7. The minimum Gasteiger partial charge on any atom is -0.361 e. The number of aryl methyl sites for hydroxylation is 2. The van der Waals surface area contributed by atoms with Crippen molar-refractivity contribution in [2.75, 3.05) is 25.1 Å². The standard InChI is InChI=1S/C16H30N4OS.HI/c1-5-14-13(15(6-2)21-20-14)12-19-16(17-7-3)18-10-8-9-11-22-4;/h5-12H2,1-4H3,(H2,17,18,19);1H. The lowest BCUT2D eigenvalue weighted by Gasteiger charge is -2.11. The van der Waals surface area contributed by atoms with Gasteiger partial charge in [0.25, 0.3) is 0 Å². The van der Waals surface area contributed by atoms with Gasteiger partial charge in [-0.05, 0) is 38.2 Å². The second kappa shape index (κ2) is 13.9. The van der Waals surface area contributed by atoms with Gasteiger partial charge in [0, 0.05) is 25.1 Å². The molecule has 0 aliphatic heterocycles. The van der Waals surface area contributed by atoms with Gasteiger partial charge in [-0.15, -0.1) is 24.0 Å². The van der Waals surface area contributed by atoms with E-state index in [-0.39, 0.29) is 24.0 Å². The molecule has 2 N–H and O–H groups in total. The molecule has 0 spiro atoms. The molecule has 0 saturated heterocycles. The maximum Gasteiger partial charge on any atom is 0.191 e. The summed E-state index contributed by atoms with van der Waals surface area (Å²) in [7, 11) is 0. The van der Waals surface area contributed by atoms with Crippen LogP contribution in [0.4, 0.5) is 0 Å². The van der Waals surface area contributed by atoms with Crippen molar-refractivity contribution in [3.8, 4) is 0 Å². The van der Waals surface area contributed by atoms with Crippen LogP contribution in [0.1, 0.15) is 50.6 Å². The summed E-state index contributed by atoms with van der Waals surface area (Å²) in [6.45, 7) is 8.70. The Morgan fingerprint density at radius 3 is 2.57 bits per heavy atom. The topological polar surface area (TPSA) is 62.5 Å². The van der Waals surface area contributed by atoms with Gasteiger partial charge < -0.3 is 15.2 Å². The normalized spacial score (nSPS) is 11.2.